The molecule has 0 atom stereocenters. The standard InChI is InChI=1S/C23H15F3O3/c1-28-19-13-20-18(22(27)21(29-20)11-14-5-3-2-4-6-14)12-17(19)15-7-9-16(10-8-15)23(24,25)26/h2-13H,1H3. The average molecular weight is 396 g/mol. The Morgan fingerprint density at radius 1 is 0.931 bits per heavy atom. The van der Waals surface area contributed by atoms with Crippen molar-refractivity contribution in [1.82, 2.24) is 0 Å². The lowest BCUT2D eigenvalue weighted by Gasteiger charge is -2.12. The SMILES string of the molecule is COc1cc2c(cc1-c1ccc(C(F)(F)F)cc1)C(=O)C(=Cc1ccccc1)O2. The van der Waals surface area contributed by atoms with Gasteiger partial charge in [-0.3, -0.25) is 4.79 Å². The van der Waals surface area contributed by atoms with E-state index in [-0.39, 0.29) is 11.5 Å². The number of carbonyl (C=O) groups excluding carboxylic acids is 1. The van der Waals surface area contributed by atoms with Gasteiger partial charge in [0.05, 0.1) is 18.2 Å². The molecule has 29 heavy (non-hydrogen) atoms. The molecule has 0 N–H and O–H groups in total. The molecular formula is C23H15F3O3. The molecule has 0 saturated heterocycles. The van der Waals surface area contributed by atoms with Gasteiger partial charge in [0.2, 0.25) is 5.78 Å². The summed E-state index contributed by atoms with van der Waals surface area (Å²) in [7, 11) is 1.45. The molecule has 0 unspecified atom stereocenters. The molecule has 0 radical (unpaired) electrons. The monoisotopic (exact) mass is 396 g/mol. The molecule has 1 aliphatic rings. The molecule has 1 aliphatic heterocycles. The van der Waals surface area contributed by atoms with E-state index in [4.69, 9.17) is 9.47 Å². The Morgan fingerprint density at radius 2 is 1.62 bits per heavy atom. The summed E-state index contributed by atoms with van der Waals surface area (Å²) in [6, 6.07) is 17.1. The molecule has 0 aromatic heterocycles. The number of allylic oxidation sites excluding steroid dienone is 1. The second-order valence-electron chi connectivity index (χ2n) is 6.47. The van der Waals surface area contributed by atoms with Crippen molar-refractivity contribution in [2.75, 3.05) is 7.11 Å². The minimum absolute atomic E-state index is 0.179. The van der Waals surface area contributed by atoms with Crippen molar-refractivity contribution < 1.29 is 27.4 Å². The summed E-state index contributed by atoms with van der Waals surface area (Å²) in [5.74, 6) is 0.638. The van der Waals surface area contributed by atoms with Gasteiger partial charge in [-0.25, -0.2) is 0 Å². The fraction of sp³-hybridized carbons (Fsp3) is 0.0870. The third-order valence-electron chi connectivity index (χ3n) is 4.61. The number of Topliss-reactive ketones (excluding diaryl/α,β-unsaturated/α-hetero) is 1. The second-order valence-corrected chi connectivity index (χ2v) is 6.47. The summed E-state index contributed by atoms with van der Waals surface area (Å²) in [5.41, 5.74) is 1.43. The molecule has 3 nitrogen and oxygen atoms in total. The molecule has 6 heteroatoms. The largest absolute Gasteiger partial charge is 0.496 e. The first-order valence-electron chi connectivity index (χ1n) is 8.76. The summed E-state index contributed by atoms with van der Waals surface area (Å²) in [4.78, 5) is 12.8. The third-order valence-corrected chi connectivity index (χ3v) is 4.61. The van der Waals surface area contributed by atoms with Crippen LogP contribution in [0.5, 0.6) is 11.5 Å². The van der Waals surface area contributed by atoms with Crippen molar-refractivity contribution in [3.8, 4) is 22.6 Å². The minimum atomic E-state index is -4.42. The van der Waals surface area contributed by atoms with E-state index in [2.05, 4.69) is 0 Å². The van der Waals surface area contributed by atoms with E-state index in [1.807, 2.05) is 30.3 Å². The van der Waals surface area contributed by atoms with Crippen LogP contribution in [0.1, 0.15) is 21.5 Å². The fourth-order valence-electron chi connectivity index (χ4n) is 3.15. The quantitative estimate of drug-likeness (QED) is 0.510. The van der Waals surface area contributed by atoms with Crippen molar-refractivity contribution in [1.29, 1.82) is 0 Å². The topological polar surface area (TPSA) is 35.5 Å². The van der Waals surface area contributed by atoms with Gasteiger partial charge in [0, 0.05) is 11.6 Å². The zero-order valence-electron chi connectivity index (χ0n) is 15.3. The zero-order valence-corrected chi connectivity index (χ0v) is 15.3. The van der Waals surface area contributed by atoms with Crippen LogP contribution in [-0.4, -0.2) is 12.9 Å². The Bertz CT molecular complexity index is 1100. The van der Waals surface area contributed by atoms with E-state index in [9.17, 15) is 18.0 Å². The Morgan fingerprint density at radius 3 is 2.24 bits per heavy atom. The highest BCUT2D eigenvalue weighted by molar-refractivity contribution is 6.15. The van der Waals surface area contributed by atoms with Gasteiger partial charge in [0.25, 0.3) is 0 Å². The molecule has 4 rings (SSSR count). The van der Waals surface area contributed by atoms with E-state index < -0.39 is 11.7 Å². The maximum atomic E-state index is 12.8. The molecule has 0 spiro atoms. The van der Waals surface area contributed by atoms with Gasteiger partial charge in [-0.15, -0.1) is 0 Å². The third kappa shape index (κ3) is 3.61. The normalized spacial score (nSPS) is 14.6. The van der Waals surface area contributed by atoms with Crippen LogP contribution in [0.2, 0.25) is 0 Å². The van der Waals surface area contributed by atoms with Crippen LogP contribution in [0, 0.1) is 0 Å². The maximum absolute atomic E-state index is 12.8. The number of hydrogen-bond acceptors (Lipinski definition) is 3. The molecule has 1 heterocycles. The van der Waals surface area contributed by atoms with Gasteiger partial charge < -0.3 is 9.47 Å². The van der Waals surface area contributed by atoms with Crippen LogP contribution in [0.25, 0.3) is 17.2 Å². The van der Waals surface area contributed by atoms with Crippen LogP contribution in [0.4, 0.5) is 13.2 Å². The van der Waals surface area contributed by atoms with E-state index in [0.29, 0.717) is 28.2 Å². The Labute approximate surface area is 165 Å². The van der Waals surface area contributed by atoms with Gasteiger partial charge in [0.1, 0.15) is 11.5 Å². The lowest BCUT2D eigenvalue weighted by atomic mass is 9.98. The van der Waals surface area contributed by atoms with E-state index in [0.717, 1.165) is 17.7 Å². The molecule has 0 bridgehead atoms. The molecular weight excluding hydrogens is 381 g/mol. The number of methoxy groups -OCH3 is 1. The van der Waals surface area contributed by atoms with E-state index >= 15 is 0 Å². The second kappa shape index (κ2) is 7.13. The number of rotatable bonds is 3. The molecule has 146 valence electrons. The Balaban J connectivity index is 1.73. The molecule has 0 aliphatic carbocycles. The number of ether oxygens (including phenoxy) is 2. The predicted molar refractivity (Wildman–Crippen MR) is 103 cm³/mol. The summed E-state index contributed by atoms with van der Waals surface area (Å²) in [6.07, 6.45) is -2.77. The maximum Gasteiger partial charge on any atom is 0.416 e. The van der Waals surface area contributed by atoms with Gasteiger partial charge in [-0.05, 0) is 35.4 Å². The van der Waals surface area contributed by atoms with Crippen LogP contribution < -0.4 is 9.47 Å². The number of carbonyl (C=O) groups is 1. The lowest BCUT2D eigenvalue weighted by Crippen LogP contribution is -2.04. The zero-order chi connectivity index (χ0) is 20.6. The highest BCUT2D eigenvalue weighted by Crippen LogP contribution is 2.41. The molecule has 0 amide bonds. The first-order valence-corrected chi connectivity index (χ1v) is 8.76. The number of ketones is 1. The molecule has 3 aromatic carbocycles. The van der Waals surface area contributed by atoms with Crippen molar-refractivity contribution in [3.63, 3.8) is 0 Å². The number of hydrogen-bond donors (Lipinski definition) is 0. The molecule has 0 fully saturated rings. The van der Waals surface area contributed by atoms with Gasteiger partial charge in [0.15, 0.2) is 5.76 Å². The highest BCUT2D eigenvalue weighted by atomic mass is 19.4. The summed E-state index contributed by atoms with van der Waals surface area (Å²) in [6.45, 7) is 0. The first-order chi connectivity index (χ1) is 13.9. The summed E-state index contributed by atoms with van der Waals surface area (Å²) in [5, 5.41) is 0. The van der Waals surface area contributed by atoms with Crippen molar-refractivity contribution in [2.45, 2.75) is 6.18 Å². The van der Waals surface area contributed by atoms with Crippen LogP contribution in [0.3, 0.4) is 0 Å². The molecule has 0 saturated carbocycles. The Kier molecular flexibility index (Phi) is 4.62. The number of halogens is 3. The van der Waals surface area contributed by atoms with Gasteiger partial charge in [-0.1, -0.05) is 42.5 Å². The minimum Gasteiger partial charge on any atom is -0.496 e. The fourth-order valence-corrected chi connectivity index (χ4v) is 3.15. The average Bonchev–Trinajstić information content (AvgIpc) is 3.02. The van der Waals surface area contributed by atoms with Crippen LogP contribution in [0.15, 0.2) is 72.5 Å². The summed E-state index contributed by atoms with van der Waals surface area (Å²) < 4.78 is 49.6. The number of alkyl halides is 3. The predicted octanol–water partition coefficient (Wildman–Crippen LogP) is 6.00. The Hall–Kier alpha value is -3.54. The van der Waals surface area contributed by atoms with Crippen molar-refractivity contribution >= 4 is 11.9 Å². The lowest BCUT2D eigenvalue weighted by molar-refractivity contribution is -0.137. The number of benzene rings is 3. The number of fused-ring (bicyclic) bond motifs is 1. The van der Waals surface area contributed by atoms with E-state index in [1.165, 1.54) is 19.2 Å². The summed E-state index contributed by atoms with van der Waals surface area (Å²) >= 11 is 0. The van der Waals surface area contributed by atoms with E-state index in [1.54, 1.807) is 18.2 Å². The van der Waals surface area contributed by atoms with Crippen LogP contribution >= 0.6 is 0 Å². The van der Waals surface area contributed by atoms with Gasteiger partial charge in [-0.2, -0.15) is 13.2 Å². The van der Waals surface area contributed by atoms with Crippen LogP contribution in [-0.2, 0) is 6.18 Å². The molecule has 3 aromatic rings. The van der Waals surface area contributed by atoms with Gasteiger partial charge >= 0.3 is 6.18 Å². The first kappa shape index (κ1) is 18.8. The highest BCUT2D eigenvalue weighted by Gasteiger charge is 2.31. The van der Waals surface area contributed by atoms with Crippen molar-refractivity contribution in [2.24, 2.45) is 0 Å². The van der Waals surface area contributed by atoms with Crippen molar-refractivity contribution in [3.05, 3.63) is 89.2 Å². The smallest absolute Gasteiger partial charge is 0.416 e.